The second-order valence-electron chi connectivity index (χ2n) is 2.92. The Morgan fingerprint density at radius 1 is 1.50 bits per heavy atom. The number of nitrogen functional groups attached to an aromatic ring is 1. The van der Waals surface area contributed by atoms with Crippen molar-refractivity contribution in [2.45, 2.75) is 26.2 Å². The highest BCUT2D eigenvalue weighted by molar-refractivity contribution is 5.25. The molecule has 1 aromatic heterocycles. The number of hydrogen-bond donors (Lipinski definition) is 2. The van der Waals surface area contributed by atoms with Crippen LogP contribution in [-0.2, 0) is 0 Å². The molecule has 1 heterocycles. The molecule has 1 aromatic rings. The maximum absolute atomic E-state index is 5.40. The van der Waals surface area contributed by atoms with Crippen molar-refractivity contribution in [2.75, 3.05) is 12.0 Å². The van der Waals surface area contributed by atoms with Crippen molar-refractivity contribution in [3.8, 4) is 5.88 Å². The van der Waals surface area contributed by atoms with Gasteiger partial charge >= 0.3 is 0 Å². The Balaban J connectivity index is 2.34. The van der Waals surface area contributed by atoms with Crippen LogP contribution in [0.3, 0.4) is 0 Å². The number of anilines is 1. The van der Waals surface area contributed by atoms with E-state index in [1.54, 1.807) is 12.3 Å². The van der Waals surface area contributed by atoms with Gasteiger partial charge in [-0.3, -0.25) is 5.43 Å². The molecule has 14 heavy (non-hydrogen) atoms. The van der Waals surface area contributed by atoms with Crippen molar-refractivity contribution in [1.82, 2.24) is 9.97 Å². The Labute approximate surface area is 83.7 Å². The minimum absolute atomic E-state index is 0.373. The smallest absolute Gasteiger partial charge is 0.240 e. The van der Waals surface area contributed by atoms with E-state index >= 15 is 0 Å². The Bertz CT molecular complexity index is 267. The fraction of sp³-hybridized carbons (Fsp3) is 0.556. The van der Waals surface area contributed by atoms with Crippen LogP contribution in [0.1, 0.15) is 26.2 Å². The highest BCUT2D eigenvalue weighted by Gasteiger charge is 1.97. The van der Waals surface area contributed by atoms with E-state index in [4.69, 9.17) is 10.6 Å². The number of hydrazine groups is 1. The molecule has 0 fully saturated rings. The summed E-state index contributed by atoms with van der Waals surface area (Å²) in [5.41, 5.74) is 2.37. The minimum Gasteiger partial charge on any atom is -0.478 e. The normalized spacial score (nSPS) is 9.86. The summed E-state index contributed by atoms with van der Waals surface area (Å²) < 4.78 is 5.40. The zero-order valence-electron chi connectivity index (χ0n) is 8.36. The van der Waals surface area contributed by atoms with Crippen LogP contribution in [0.2, 0.25) is 0 Å². The van der Waals surface area contributed by atoms with Gasteiger partial charge in [0.15, 0.2) is 0 Å². The predicted octanol–water partition coefficient (Wildman–Crippen LogP) is 1.33. The molecule has 78 valence electrons. The molecule has 0 radical (unpaired) electrons. The quantitative estimate of drug-likeness (QED) is 0.408. The standard InChI is InChI=1S/C9H16N4O/c1-2-3-4-7-14-8-5-6-11-9(12-8)13-10/h5-6H,2-4,7,10H2,1H3,(H,11,12,13). The molecular weight excluding hydrogens is 180 g/mol. The van der Waals surface area contributed by atoms with Crippen LogP contribution in [-0.4, -0.2) is 16.6 Å². The largest absolute Gasteiger partial charge is 0.478 e. The van der Waals surface area contributed by atoms with Crippen molar-refractivity contribution in [2.24, 2.45) is 5.84 Å². The molecule has 0 unspecified atom stereocenters. The zero-order valence-corrected chi connectivity index (χ0v) is 8.36. The first-order valence-electron chi connectivity index (χ1n) is 4.79. The minimum atomic E-state index is 0.373. The van der Waals surface area contributed by atoms with Gasteiger partial charge in [0.05, 0.1) is 6.61 Å². The van der Waals surface area contributed by atoms with Crippen LogP contribution < -0.4 is 16.0 Å². The van der Waals surface area contributed by atoms with E-state index in [0.29, 0.717) is 18.4 Å². The first kappa shape index (κ1) is 10.7. The van der Waals surface area contributed by atoms with E-state index < -0.39 is 0 Å². The lowest BCUT2D eigenvalue weighted by Gasteiger charge is -2.05. The summed E-state index contributed by atoms with van der Waals surface area (Å²) >= 11 is 0. The van der Waals surface area contributed by atoms with Crippen LogP contribution in [0.15, 0.2) is 12.3 Å². The van der Waals surface area contributed by atoms with Crippen LogP contribution in [0.25, 0.3) is 0 Å². The van der Waals surface area contributed by atoms with Gasteiger partial charge in [-0.25, -0.2) is 10.8 Å². The van der Waals surface area contributed by atoms with E-state index in [9.17, 15) is 0 Å². The van der Waals surface area contributed by atoms with Crippen LogP contribution >= 0.6 is 0 Å². The summed E-state index contributed by atoms with van der Waals surface area (Å²) in [6.07, 6.45) is 5.01. The molecule has 0 bridgehead atoms. The van der Waals surface area contributed by atoms with Crippen LogP contribution in [0.5, 0.6) is 5.88 Å². The van der Waals surface area contributed by atoms with Crippen molar-refractivity contribution in [3.05, 3.63) is 12.3 Å². The molecule has 1 rings (SSSR count). The van der Waals surface area contributed by atoms with Gasteiger partial charge in [-0.2, -0.15) is 4.98 Å². The van der Waals surface area contributed by atoms with Crippen molar-refractivity contribution in [1.29, 1.82) is 0 Å². The molecule has 0 saturated heterocycles. The molecule has 5 heteroatoms. The topological polar surface area (TPSA) is 73.1 Å². The molecule has 0 atom stereocenters. The number of unbranched alkanes of at least 4 members (excludes halogenated alkanes) is 2. The van der Waals surface area contributed by atoms with Crippen molar-refractivity contribution in [3.63, 3.8) is 0 Å². The van der Waals surface area contributed by atoms with Crippen LogP contribution in [0.4, 0.5) is 5.95 Å². The van der Waals surface area contributed by atoms with Crippen LogP contribution in [0, 0.1) is 0 Å². The molecule has 0 aliphatic carbocycles. The molecular formula is C9H16N4O. The number of nitrogens with zero attached hydrogens (tertiary/aromatic N) is 2. The lowest BCUT2D eigenvalue weighted by Crippen LogP contribution is -2.11. The fourth-order valence-electron chi connectivity index (χ4n) is 1.02. The molecule has 0 aliphatic heterocycles. The van der Waals surface area contributed by atoms with Crippen molar-refractivity contribution >= 4 is 5.95 Å². The van der Waals surface area contributed by atoms with Gasteiger partial charge in [0, 0.05) is 12.3 Å². The third-order valence-corrected chi connectivity index (χ3v) is 1.76. The number of rotatable bonds is 6. The summed E-state index contributed by atoms with van der Waals surface area (Å²) in [6.45, 7) is 2.84. The molecule has 3 N–H and O–H groups in total. The van der Waals surface area contributed by atoms with Crippen molar-refractivity contribution < 1.29 is 4.74 Å². The van der Waals surface area contributed by atoms with Gasteiger partial charge in [0.1, 0.15) is 0 Å². The number of ether oxygens (including phenoxy) is 1. The number of aromatic nitrogens is 2. The highest BCUT2D eigenvalue weighted by Crippen LogP contribution is 2.08. The Kier molecular flexibility index (Phi) is 4.71. The van der Waals surface area contributed by atoms with E-state index in [1.807, 2.05) is 0 Å². The van der Waals surface area contributed by atoms with Gasteiger partial charge in [-0.15, -0.1) is 0 Å². The number of nitrogens with one attached hydrogen (secondary N) is 1. The molecule has 5 nitrogen and oxygen atoms in total. The summed E-state index contributed by atoms with van der Waals surface area (Å²) in [4.78, 5) is 7.89. The van der Waals surface area contributed by atoms with Gasteiger partial charge in [0.2, 0.25) is 11.8 Å². The lowest BCUT2D eigenvalue weighted by molar-refractivity contribution is 0.295. The maximum atomic E-state index is 5.40. The third-order valence-electron chi connectivity index (χ3n) is 1.76. The number of hydrogen-bond acceptors (Lipinski definition) is 5. The Morgan fingerprint density at radius 3 is 3.07 bits per heavy atom. The third kappa shape index (κ3) is 3.57. The first-order valence-corrected chi connectivity index (χ1v) is 4.79. The Morgan fingerprint density at radius 2 is 2.36 bits per heavy atom. The average Bonchev–Trinajstić information content (AvgIpc) is 2.25. The van der Waals surface area contributed by atoms with E-state index in [0.717, 1.165) is 6.42 Å². The summed E-state index contributed by atoms with van der Waals surface area (Å²) in [7, 11) is 0. The summed E-state index contributed by atoms with van der Waals surface area (Å²) in [6, 6.07) is 1.72. The molecule has 0 aromatic carbocycles. The molecule has 0 spiro atoms. The van der Waals surface area contributed by atoms with E-state index in [1.165, 1.54) is 12.8 Å². The fourth-order valence-corrected chi connectivity index (χ4v) is 1.02. The molecule has 0 aliphatic rings. The average molecular weight is 196 g/mol. The van der Waals surface area contributed by atoms with Gasteiger partial charge < -0.3 is 4.74 Å². The molecule has 0 amide bonds. The van der Waals surface area contributed by atoms with Gasteiger partial charge in [-0.05, 0) is 6.42 Å². The SMILES string of the molecule is CCCCCOc1ccnc(NN)n1. The van der Waals surface area contributed by atoms with E-state index in [2.05, 4.69) is 22.3 Å². The monoisotopic (exact) mass is 196 g/mol. The highest BCUT2D eigenvalue weighted by atomic mass is 16.5. The van der Waals surface area contributed by atoms with Gasteiger partial charge in [0.25, 0.3) is 0 Å². The Hall–Kier alpha value is -1.36. The molecule has 0 saturated carbocycles. The summed E-state index contributed by atoms with van der Waals surface area (Å²) in [5.74, 6) is 6.10. The zero-order chi connectivity index (χ0) is 10.2. The lowest BCUT2D eigenvalue weighted by atomic mass is 10.3. The van der Waals surface area contributed by atoms with E-state index in [-0.39, 0.29) is 0 Å². The summed E-state index contributed by atoms with van der Waals surface area (Å²) in [5, 5.41) is 0. The number of nitrogens with two attached hydrogens (primary N) is 1. The first-order chi connectivity index (χ1) is 6.86. The second-order valence-corrected chi connectivity index (χ2v) is 2.92. The maximum Gasteiger partial charge on any atom is 0.240 e. The predicted molar refractivity (Wildman–Crippen MR) is 54.9 cm³/mol. The van der Waals surface area contributed by atoms with Gasteiger partial charge in [-0.1, -0.05) is 19.8 Å². The second kappa shape index (κ2) is 6.15.